The number of aromatic nitrogens is 1. The second-order valence-electron chi connectivity index (χ2n) is 5.87. The number of nitrogens with two attached hydrogens (primary N) is 1. The Kier molecular flexibility index (Phi) is 4.57. The van der Waals surface area contributed by atoms with Crippen LogP contribution in [-0.2, 0) is 6.42 Å². The van der Waals surface area contributed by atoms with Crippen LogP contribution < -0.4 is 15.2 Å². The van der Waals surface area contributed by atoms with Gasteiger partial charge >= 0.3 is 0 Å². The van der Waals surface area contributed by atoms with Gasteiger partial charge in [-0.05, 0) is 42.8 Å². The van der Waals surface area contributed by atoms with Crippen LogP contribution in [0.1, 0.15) is 21.6 Å². The van der Waals surface area contributed by atoms with E-state index in [4.69, 9.17) is 15.2 Å². The predicted octanol–water partition coefficient (Wildman–Crippen LogP) is 3.57. The lowest BCUT2D eigenvalue weighted by molar-refractivity contribution is 0.0990. The molecule has 25 heavy (non-hydrogen) atoms. The summed E-state index contributed by atoms with van der Waals surface area (Å²) in [5.41, 5.74) is 9.86. The summed E-state index contributed by atoms with van der Waals surface area (Å²) in [5, 5.41) is 0.859. The summed E-state index contributed by atoms with van der Waals surface area (Å²) >= 11 is 0. The molecule has 0 fully saturated rings. The molecule has 5 nitrogen and oxygen atoms in total. The SMILES string of the molecule is COc1ccc(C(=O)Cc2ccc3nc(C)cc(N)c3c2)c(OC)c1. The highest BCUT2D eigenvalue weighted by Gasteiger charge is 2.14. The smallest absolute Gasteiger partial charge is 0.170 e. The molecule has 1 heterocycles. The quantitative estimate of drug-likeness (QED) is 0.721. The summed E-state index contributed by atoms with van der Waals surface area (Å²) < 4.78 is 10.5. The molecule has 2 N–H and O–H groups in total. The zero-order valence-corrected chi connectivity index (χ0v) is 14.5. The van der Waals surface area contributed by atoms with E-state index in [2.05, 4.69) is 4.98 Å². The van der Waals surface area contributed by atoms with Crippen LogP contribution in [0.3, 0.4) is 0 Å². The number of Topliss-reactive ketones (excluding diaryl/α,β-unsaturated/α-hetero) is 1. The molecule has 0 atom stereocenters. The van der Waals surface area contributed by atoms with Crippen LogP contribution in [0.5, 0.6) is 11.5 Å². The highest BCUT2D eigenvalue weighted by molar-refractivity contribution is 6.01. The normalized spacial score (nSPS) is 10.7. The highest BCUT2D eigenvalue weighted by Crippen LogP contribution is 2.27. The molecule has 0 radical (unpaired) electrons. The van der Waals surface area contributed by atoms with Gasteiger partial charge in [0.1, 0.15) is 11.5 Å². The third kappa shape index (κ3) is 3.40. The van der Waals surface area contributed by atoms with Crippen molar-refractivity contribution in [2.45, 2.75) is 13.3 Å². The van der Waals surface area contributed by atoms with Gasteiger partial charge < -0.3 is 15.2 Å². The Morgan fingerprint density at radius 2 is 1.88 bits per heavy atom. The van der Waals surface area contributed by atoms with Gasteiger partial charge in [0, 0.05) is 29.3 Å². The standard InChI is InChI=1S/C20H20N2O3/c1-12-8-17(21)16-9-13(4-7-18(16)22-12)10-19(23)15-6-5-14(24-2)11-20(15)25-3/h4-9,11H,10H2,1-3H3,(H2,21,22). The lowest BCUT2D eigenvalue weighted by atomic mass is 10.00. The largest absolute Gasteiger partial charge is 0.497 e. The number of aryl methyl sites for hydroxylation is 1. The van der Waals surface area contributed by atoms with E-state index in [-0.39, 0.29) is 12.2 Å². The number of nitrogens with zero attached hydrogens (tertiary/aromatic N) is 1. The summed E-state index contributed by atoms with van der Waals surface area (Å²) in [5.74, 6) is 1.12. The first kappa shape index (κ1) is 16.8. The van der Waals surface area contributed by atoms with E-state index in [0.717, 1.165) is 22.2 Å². The number of rotatable bonds is 5. The number of ketones is 1. The molecule has 0 aliphatic carbocycles. The minimum Gasteiger partial charge on any atom is -0.497 e. The summed E-state index contributed by atoms with van der Waals surface area (Å²) in [4.78, 5) is 17.2. The molecule has 0 aliphatic rings. The summed E-state index contributed by atoms with van der Waals surface area (Å²) in [6.07, 6.45) is 0.256. The van der Waals surface area contributed by atoms with Crippen LogP contribution in [0, 0.1) is 6.92 Å². The number of carbonyl (C=O) groups is 1. The molecule has 0 saturated carbocycles. The van der Waals surface area contributed by atoms with Gasteiger partial charge in [-0.1, -0.05) is 6.07 Å². The van der Waals surface area contributed by atoms with Crippen molar-refractivity contribution in [2.75, 3.05) is 20.0 Å². The fourth-order valence-electron chi connectivity index (χ4n) is 2.86. The van der Waals surface area contributed by atoms with Crippen molar-refractivity contribution in [2.24, 2.45) is 0 Å². The van der Waals surface area contributed by atoms with Crippen molar-refractivity contribution in [3.05, 3.63) is 59.3 Å². The zero-order chi connectivity index (χ0) is 18.0. The van der Waals surface area contributed by atoms with Crippen LogP contribution in [0.25, 0.3) is 10.9 Å². The third-order valence-corrected chi connectivity index (χ3v) is 4.11. The van der Waals surface area contributed by atoms with Gasteiger partial charge in [0.15, 0.2) is 5.78 Å². The van der Waals surface area contributed by atoms with Gasteiger partial charge in [0.2, 0.25) is 0 Å². The number of fused-ring (bicyclic) bond motifs is 1. The molecule has 0 spiro atoms. The maximum absolute atomic E-state index is 12.7. The average Bonchev–Trinajstić information content (AvgIpc) is 2.61. The number of hydrogen-bond acceptors (Lipinski definition) is 5. The molecule has 0 aliphatic heterocycles. The number of anilines is 1. The molecular weight excluding hydrogens is 316 g/mol. The number of benzene rings is 2. The van der Waals surface area contributed by atoms with Crippen molar-refractivity contribution < 1.29 is 14.3 Å². The van der Waals surface area contributed by atoms with Gasteiger partial charge in [-0.25, -0.2) is 0 Å². The number of methoxy groups -OCH3 is 2. The topological polar surface area (TPSA) is 74.4 Å². The van der Waals surface area contributed by atoms with E-state index in [1.54, 1.807) is 25.3 Å². The molecule has 5 heteroatoms. The number of ether oxygens (including phenoxy) is 2. The van der Waals surface area contributed by atoms with Crippen LogP contribution in [0.4, 0.5) is 5.69 Å². The lowest BCUT2D eigenvalue weighted by Gasteiger charge is -2.10. The molecule has 1 aromatic heterocycles. The molecule has 3 rings (SSSR count). The number of carbonyl (C=O) groups excluding carboxylic acids is 1. The average molecular weight is 336 g/mol. The fourth-order valence-corrected chi connectivity index (χ4v) is 2.86. The van der Waals surface area contributed by atoms with Gasteiger partial charge in [0.25, 0.3) is 0 Å². The first-order chi connectivity index (χ1) is 12.0. The first-order valence-corrected chi connectivity index (χ1v) is 7.93. The van der Waals surface area contributed by atoms with Crippen LogP contribution >= 0.6 is 0 Å². The summed E-state index contributed by atoms with van der Waals surface area (Å²) in [6.45, 7) is 1.91. The zero-order valence-electron chi connectivity index (χ0n) is 14.5. The van der Waals surface area contributed by atoms with Gasteiger partial charge in [-0.15, -0.1) is 0 Å². The van der Waals surface area contributed by atoms with Crippen molar-refractivity contribution in [3.8, 4) is 11.5 Å². The Bertz CT molecular complexity index is 951. The molecular formula is C20H20N2O3. The van der Waals surface area contributed by atoms with E-state index in [0.29, 0.717) is 22.7 Å². The molecule has 3 aromatic rings. The molecule has 0 bridgehead atoms. The monoisotopic (exact) mass is 336 g/mol. The van der Waals surface area contributed by atoms with Crippen LogP contribution in [0.2, 0.25) is 0 Å². The Labute approximate surface area is 146 Å². The van der Waals surface area contributed by atoms with Crippen LogP contribution in [0.15, 0.2) is 42.5 Å². The number of nitrogen functional groups attached to an aromatic ring is 1. The van der Waals surface area contributed by atoms with Gasteiger partial charge in [0.05, 0.1) is 25.3 Å². The Balaban J connectivity index is 1.92. The maximum atomic E-state index is 12.7. The molecule has 0 unspecified atom stereocenters. The Morgan fingerprint density at radius 1 is 1.08 bits per heavy atom. The van der Waals surface area contributed by atoms with Crippen molar-refractivity contribution >= 4 is 22.4 Å². The summed E-state index contributed by atoms with van der Waals surface area (Å²) in [6, 6.07) is 12.7. The molecule has 0 saturated heterocycles. The van der Waals surface area contributed by atoms with Gasteiger partial charge in [-0.2, -0.15) is 0 Å². The van der Waals surface area contributed by atoms with E-state index in [1.165, 1.54) is 7.11 Å². The summed E-state index contributed by atoms with van der Waals surface area (Å²) in [7, 11) is 3.11. The van der Waals surface area contributed by atoms with Crippen molar-refractivity contribution in [1.82, 2.24) is 4.98 Å². The Hall–Kier alpha value is -3.08. The number of pyridine rings is 1. The fraction of sp³-hybridized carbons (Fsp3) is 0.200. The number of hydrogen-bond donors (Lipinski definition) is 1. The molecule has 2 aromatic carbocycles. The van der Waals surface area contributed by atoms with Crippen LogP contribution in [-0.4, -0.2) is 25.0 Å². The Morgan fingerprint density at radius 3 is 2.60 bits per heavy atom. The first-order valence-electron chi connectivity index (χ1n) is 7.93. The maximum Gasteiger partial charge on any atom is 0.170 e. The second-order valence-corrected chi connectivity index (χ2v) is 5.87. The van der Waals surface area contributed by atoms with E-state index in [1.807, 2.05) is 31.2 Å². The van der Waals surface area contributed by atoms with E-state index < -0.39 is 0 Å². The minimum absolute atomic E-state index is 0.0301. The molecule has 128 valence electrons. The highest BCUT2D eigenvalue weighted by atomic mass is 16.5. The minimum atomic E-state index is -0.0301. The van der Waals surface area contributed by atoms with E-state index in [9.17, 15) is 4.79 Å². The van der Waals surface area contributed by atoms with Gasteiger partial charge in [-0.3, -0.25) is 9.78 Å². The molecule has 0 amide bonds. The van der Waals surface area contributed by atoms with Crippen molar-refractivity contribution in [1.29, 1.82) is 0 Å². The van der Waals surface area contributed by atoms with Crippen molar-refractivity contribution in [3.63, 3.8) is 0 Å². The predicted molar refractivity (Wildman–Crippen MR) is 98.5 cm³/mol. The second kappa shape index (κ2) is 6.81. The lowest BCUT2D eigenvalue weighted by Crippen LogP contribution is -2.06. The van der Waals surface area contributed by atoms with E-state index >= 15 is 0 Å². The third-order valence-electron chi connectivity index (χ3n) is 4.11.